The maximum absolute atomic E-state index is 12.2. The molecule has 1 aromatic carbocycles. The molecule has 23 heavy (non-hydrogen) atoms. The van der Waals surface area contributed by atoms with Crippen molar-refractivity contribution in [3.63, 3.8) is 0 Å². The minimum atomic E-state index is -0.317. The number of benzene rings is 1. The van der Waals surface area contributed by atoms with Crippen molar-refractivity contribution in [2.45, 2.75) is 0 Å². The molecule has 0 aliphatic rings. The molecular formula is C16H18Cl2N4O. The van der Waals surface area contributed by atoms with Crippen LogP contribution in [0.4, 0.5) is 11.4 Å². The van der Waals surface area contributed by atoms with Crippen LogP contribution in [-0.4, -0.2) is 43.0 Å². The predicted molar refractivity (Wildman–Crippen MR) is 95.7 cm³/mol. The van der Waals surface area contributed by atoms with E-state index in [1.54, 1.807) is 30.5 Å². The molecule has 1 amide bonds. The molecule has 1 heterocycles. The number of carbonyl (C=O) groups is 1. The lowest BCUT2D eigenvalue weighted by Gasteiger charge is -2.11. The molecule has 0 bridgehead atoms. The molecule has 0 saturated carbocycles. The summed E-state index contributed by atoms with van der Waals surface area (Å²) in [4.78, 5) is 18.4. The summed E-state index contributed by atoms with van der Waals surface area (Å²) in [5.41, 5.74) is 1.72. The number of halogens is 2. The van der Waals surface area contributed by atoms with E-state index in [0.29, 0.717) is 21.4 Å². The van der Waals surface area contributed by atoms with Crippen LogP contribution in [0.2, 0.25) is 10.0 Å². The van der Waals surface area contributed by atoms with Gasteiger partial charge in [0.1, 0.15) is 5.69 Å². The highest BCUT2D eigenvalue weighted by Crippen LogP contribution is 2.22. The maximum Gasteiger partial charge on any atom is 0.274 e. The van der Waals surface area contributed by atoms with E-state index in [1.807, 2.05) is 20.2 Å². The number of carbonyl (C=O) groups excluding carboxylic acids is 1. The summed E-state index contributed by atoms with van der Waals surface area (Å²) in [6.07, 6.45) is 1.63. The highest BCUT2D eigenvalue weighted by atomic mass is 35.5. The lowest BCUT2D eigenvalue weighted by atomic mass is 10.2. The Hall–Kier alpha value is -1.82. The van der Waals surface area contributed by atoms with E-state index >= 15 is 0 Å². The van der Waals surface area contributed by atoms with Crippen LogP contribution in [0, 0.1) is 0 Å². The molecule has 7 heteroatoms. The van der Waals surface area contributed by atoms with E-state index < -0.39 is 0 Å². The van der Waals surface area contributed by atoms with Crippen molar-refractivity contribution in [3.8, 4) is 0 Å². The molecule has 0 unspecified atom stereocenters. The van der Waals surface area contributed by atoms with Gasteiger partial charge < -0.3 is 15.5 Å². The number of amides is 1. The quantitative estimate of drug-likeness (QED) is 0.833. The van der Waals surface area contributed by atoms with Crippen molar-refractivity contribution in [2.75, 3.05) is 37.8 Å². The smallest absolute Gasteiger partial charge is 0.274 e. The number of nitrogens with zero attached hydrogens (tertiary/aromatic N) is 2. The first-order chi connectivity index (χ1) is 10.9. The maximum atomic E-state index is 12.2. The van der Waals surface area contributed by atoms with Crippen LogP contribution in [0.25, 0.3) is 0 Å². The standard InChI is InChI=1S/C16H18Cl2N4O/c1-22(2)6-5-19-13-3-4-15(20-10-13)16(23)21-14-8-11(17)7-12(18)9-14/h3-4,7-10,19H,5-6H2,1-2H3,(H,21,23). The summed E-state index contributed by atoms with van der Waals surface area (Å²) >= 11 is 11.8. The molecule has 122 valence electrons. The molecule has 1 aromatic heterocycles. The zero-order valence-corrected chi connectivity index (χ0v) is 14.4. The summed E-state index contributed by atoms with van der Waals surface area (Å²) in [7, 11) is 4.02. The first-order valence-electron chi connectivity index (χ1n) is 7.06. The number of likely N-dealkylation sites (N-methyl/N-ethyl adjacent to an activating group) is 1. The molecule has 0 aliphatic carbocycles. The number of nitrogens with one attached hydrogen (secondary N) is 2. The van der Waals surface area contributed by atoms with Crippen molar-refractivity contribution in [2.24, 2.45) is 0 Å². The van der Waals surface area contributed by atoms with Gasteiger partial charge in [0.25, 0.3) is 5.91 Å². The highest BCUT2D eigenvalue weighted by molar-refractivity contribution is 6.35. The lowest BCUT2D eigenvalue weighted by Crippen LogP contribution is -2.21. The number of aromatic nitrogens is 1. The Bertz CT molecular complexity index is 654. The Morgan fingerprint density at radius 3 is 2.39 bits per heavy atom. The fraction of sp³-hybridized carbons (Fsp3) is 0.250. The van der Waals surface area contributed by atoms with Gasteiger partial charge in [-0.3, -0.25) is 4.79 Å². The summed E-state index contributed by atoms with van der Waals surface area (Å²) in [6, 6.07) is 8.35. The Morgan fingerprint density at radius 1 is 1.13 bits per heavy atom. The molecule has 0 saturated heterocycles. The second-order valence-corrected chi connectivity index (χ2v) is 6.15. The van der Waals surface area contributed by atoms with Gasteiger partial charge in [-0.1, -0.05) is 23.2 Å². The van der Waals surface area contributed by atoms with E-state index in [9.17, 15) is 4.79 Å². The molecule has 0 spiro atoms. The number of anilines is 2. The number of pyridine rings is 1. The number of hydrogen-bond acceptors (Lipinski definition) is 4. The summed E-state index contributed by atoms with van der Waals surface area (Å²) in [5, 5.41) is 6.87. The van der Waals surface area contributed by atoms with E-state index in [0.717, 1.165) is 18.8 Å². The number of rotatable bonds is 6. The second-order valence-electron chi connectivity index (χ2n) is 5.27. The lowest BCUT2D eigenvalue weighted by molar-refractivity contribution is 0.102. The average Bonchev–Trinajstić information content (AvgIpc) is 2.46. The van der Waals surface area contributed by atoms with Crippen molar-refractivity contribution < 1.29 is 4.79 Å². The Balaban J connectivity index is 1.97. The summed E-state index contributed by atoms with van der Waals surface area (Å²) < 4.78 is 0. The SMILES string of the molecule is CN(C)CCNc1ccc(C(=O)Nc2cc(Cl)cc(Cl)c2)nc1. The fourth-order valence-electron chi connectivity index (χ4n) is 1.88. The van der Waals surface area contributed by atoms with Gasteiger partial charge in [0.15, 0.2) is 0 Å². The minimum Gasteiger partial charge on any atom is -0.383 e. The zero-order chi connectivity index (χ0) is 16.8. The van der Waals surface area contributed by atoms with Crippen molar-refractivity contribution in [1.29, 1.82) is 0 Å². The van der Waals surface area contributed by atoms with Gasteiger partial charge in [-0.2, -0.15) is 0 Å². The largest absolute Gasteiger partial charge is 0.383 e. The van der Waals surface area contributed by atoms with E-state index in [4.69, 9.17) is 23.2 Å². The molecule has 2 rings (SSSR count). The van der Waals surface area contributed by atoms with Gasteiger partial charge in [0, 0.05) is 28.8 Å². The van der Waals surface area contributed by atoms with Gasteiger partial charge in [0.2, 0.25) is 0 Å². The third-order valence-corrected chi connectivity index (χ3v) is 3.44. The molecule has 2 N–H and O–H groups in total. The van der Waals surface area contributed by atoms with Crippen LogP contribution in [0.5, 0.6) is 0 Å². The Morgan fingerprint density at radius 2 is 1.83 bits per heavy atom. The monoisotopic (exact) mass is 352 g/mol. The minimum absolute atomic E-state index is 0.317. The van der Waals surface area contributed by atoms with Crippen molar-refractivity contribution in [3.05, 3.63) is 52.3 Å². The zero-order valence-electron chi connectivity index (χ0n) is 12.9. The Labute approximate surface area is 145 Å². The molecule has 0 aliphatic heterocycles. The molecular weight excluding hydrogens is 335 g/mol. The van der Waals surface area contributed by atoms with Gasteiger partial charge >= 0.3 is 0 Å². The van der Waals surface area contributed by atoms with Crippen LogP contribution in [0.1, 0.15) is 10.5 Å². The van der Waals surface area contributed by atoms with E-state index in [1.165, 1.54) is 0 Å². The normalized spacial score (nSPS) is 10.7. The van der Waals surface area contributed by atoms with Crippen LogP contribution < -0.4 is 10.6 Å². The third-order valence-electron chi connectivity index (χ3n) is 3.00. The van der Waals surface area contributed by atoms with Crippen molar-refractivity contribution >= 4 is 40.5 Å². The summed E-state index contributed by atoms with van der Waals surface area (Å²) in [5.74, 6) is -0.317. The van der Waals surface area contributed by atoms with Gasteiger partial charge in [-0.15, -0.1) is 0 Å². The summed E-state index contributed by atoms with van der Waals surface area (Å²) in [6.45, 7) is 1.72. The first kappa shape index (κ1) is 17.5. The molecule has 5 nitrogen and oxygen atoms in total. The highest BCUT2D eigenvalue weighted by Gasteiger charge is 2.08. The predicted octanol–water partition coefficient (Wildman–Crippen LogP) is 3.61. The topological polar surface area (TPSA) is 57.3 Å². The molecule has 0 radical (unpaired) electrons. The van der Waals surface area contributed by atoms with Crippen LogP contribution in [0.15, 0.2) is 36.5 Å². The van der Waals surface area contributed by atoms with E-state index in [-0.39, 0.29) is 5.91 Å². The van der Waals surface area contributed by atoms with Crippen LogP contribution >= 0.6 is 23.2 Å². The Kier molecular flexibility index (Phi) is 6.21. The van der Waals surface area contributed by atoms with Crippen LogP contribution in [-0.2, 0) is 0 Å². The fourth-order valence-corrected chi connectivity index (χ4v) is 2.40. The number of hydrogen-bond donors (Lipinski definition) is 2. The van der Waals surface area contributed by atoms with Crippen molar-refractivity contribution in [1.82, 2.24) is 9.88 Å². The van der Waals surface area contributed by atoms with Crippen LogP contribution in [0.3, 0.4) is 0 Å². The molecule has 0 atom stereocenters. The van der Waals surface area contributed by atoms with E-state index in [2.05, 4.69) is 20.5 Å². The van der Waals surface area contributed by atoms with Gasteiger partial charge in [-0.25, -0.2) is 4.98 Å². The first-order valence-corrected chi connectivity index (χ1v) is 7.82. The molecule has 0 fully saturated rings. The third kappa shape index (κ3) is 5.71. The molecule has 2 aromatic rings. The second kappa shape index (κ2) is 8.15. The van der Waals surface area contributed by atoms with Gasteiger partial charge in [0.05, 0.1) is 11.9 Å². The van der Waals surface area contributed by atoms with Gasteiger partial charge in [-0.05, 0) is 44.4 Å². The average molecular weight is 353 g/mol.